The summed E-state index contributed by atoms with van der Waals surface area (Å²) in [6, 6.07) is 5.61. The number of anilines is 1. The van der Waals surface area contributed by atoms with E-state index in [1.807, 2.05) is 30.5 Å². The van der Waals surface area contributed by atoms with Gasteiger partial charge in [-0.1, -0.05) is 13.3 Å². The summed E-state index contributed by atoms with van der Waals surface area (Å²) in [5.74, 6) is 0.228. The second-order valence-corrected chi connectivity index (χ2v) is 6.97. The van der Waals surface area contributed by atoms with E-state index >= 15 is 0 Å². The fourth-order valence-corrected chi connectivity index (χ4v) is 3.26. The summed E-state index contributed by atoms with van der Waals surface area (Å²) in [5.41, 5.74) is 2.37. The van der Waals surface area contributed by atoms with Gasteiger partial charge in [-0.15, -0.1) is 11.3 Å². The summed E-state index contributed by atoms with van der Waals surface area (Å²) in [5, 5.41) is 5.80. The largest absolute Gasteiger partial charge is 0.482 e. The molecule has 6 nitrogen and oxygen atoms in total. The second-order valence-electron chi connectivity index (χ2n) is 5.91. The normalized spacial score (nSPS) is 13.4. The van der Waals surface area contributed by atoms with Crippen LogP contribution in [0.4, 0.5) is 5.69 Å². The molecule has 25 heavy (non-hydrogen) atoms. The molecule has 0 aliphatic carbocycles. The lowest BCUT2D eigenvalue weighted by Crippen LogP contribution is -2.45. The summed E-state index contributed by atoms with van der Waals surface area (Å²) >= 11 is 1.57. The van der Waals surface area contributed by atoms with Gasteiger partial charge in [-0.2, -0.15) is 0 Å². The van der Waals surface area contributed by atoms with Crippen molar-refractivity contribution in [2.75, 3.05) is 24.6 Å². The quantitative estimate of drug-likeness (QED) is 0.805. The highest BCUT2D eigenvalue weighted by Gasteiger charge is 2.27. The third-order valence-electron chi connectivity index (χ3n) is 3.97. The minimum Gasteiger partial charge on any atom is -0.482 e. The molecule has 1 aromatic heterocycles. The summed E-state index contributed by atoms with van der Waals surface area (Å²) in [6.07, 6.45) is 1.93. The van der Waals surface area contributed by atoms with Crippen molar-refractivity contribution in [2.24, 2.45) is 0 Å². The average molecular weight is 359 g/mol. The van der Waals surface area contributed by atoms with Crippen LogP contribution in [0.25, 0.3) is 11.3 Å². The molecule has 0 unspecified atom stereocenters. The molecule has 7 heteroatoms. The number of ether oxygens (including phenoxy) is 1. The maximum atomic E-state index is 12.3. The number of aryl methyl sites for hydroxylation is 1. The number of nitrogens with one attached hydrogen (secondary N) is 1. The number of nitrogens with zero attached hydrogens (tertiary/aromatic N) is 2. The Balaban J connectivity index is 1.83. The molecule has 0 saturated carbocycles. The smallest absolute Gasteiger partial charge is 0.265 e. The first kappa shape index (κ1) is 17.4. The van der Waals surface area contributed by atoms with Gasteiger partial charge in [0.15, 0.2) is 6.61 Å². The van der Waals surface area contributed by atoms with Crippen LogP contribution in [0.3, 0.4) is 0 Å². The van der Waals surface area contributed by atoms with Crippen LogP contribution in [0.2, 0.25) is 0 Å². The Morgan fingerprint density at radius 1 is 1.44 bits per heavy atom. The first-order valence-electron chi connectivity index (χ1n) is 8.35. The monoisotopic (exact) mass is 359 g/mol. The number of fused-ring (bicyclic) bond motifs is 1. The molecule has 0 saturated heterocycles. The number of hydrogen-bond donors (Lipinski definition) is 1. The molecule has 1 N–H and O–H groups in total. The lowest BCUT2D eigenvalue weighted by Gasteiger charge is -2.29. The molecular formula is C18H21N3O3S. The minimum atomic E-state index is -0.218. The molecule has 2 amide bonds. The van der Waals surface area contributed by atoms with Crippen LogP contribution in [-0.4, -0.2) is 36.5 Å². The van der Waals surface area contributed by atoms with Gasteiger partial charge in [0.25, 0.3) is 5.91 Å². The van der Waals surface area contributed by atoms with E-state index in [2.05, 4.69) is 17.2 Å². The first-order chi connectivity index (χ1) is 12.1. The molecule has 0 bridgehead atoms. The Morgan fingerprint density at radius 2 is 2.28 bits per heavy atom. The molecule has 0 fully saturated rings. The van der Waals surface area contributed by atoms with Gasteiger partial charge in [0.1, 0.15) is 12.3 Å². The topological polar surface area (TPSA) is 71.5 Å². The van der Waals surface area contributed by atoms with Crippen LogP contribution >= 0.6 is 11.3 Å². The van der Waals surface area contributed by atoms with E-state index in [0.29, 0.717) is 18.0 Å². The molecular weight excluding hydrogens is 338 g/mol. The van der Waals surface area contributed by atoms with Gasteiger partial charge < -0.3 is 10.1 Å². The van der Waals surface area contributed by atoms with E-state index in [-0.39, 0.29) is 25.0 Å². The molecule has 0 radical (unpaired) electrons. The number of carbonyl (C=O) groups excluding carboxylic acids is 2. The Bertz CT molecular complexity index is 788. The standard InChI is InChI=1S/C18H21N3O3S/c1-3-4-7-19-17(22)9-21-15-8-13(14-11-25-12(2)20-14)5-6-16(15)24-10-18(21)23/h5-6,8,11H,3-4,7,9-10H2,1-2H3,(H,19,22). The van der Waals surface area contributed by atoms with Crippen LogP contribution in [-0.2, 0) is 9.59 Å². The first-order valence-corrected chi connectivity index (χ1v) is 9.23. The fourth-order valence-electron chi connectivity index (χ4n) is 2.63. The van der Waals surface area contributed by atoms with Crippen LogP contribution in [0.1, 0.15) is 24.8 Å². The molecule has 0 spiro atoms. The van der Waals surface area contributed by atoms with Crippen LogP contribution < -0.4 is 15.0 Å². The van der Waals surface area contributed by atoms with E-state index in [1.54, 1.807) is 11.3 Å². The predicted octanol–water partition coefficient (Wildman–Crippen LogP) is 2.76. The van der Waals surface area contributed by atoms with Crippen LogP contribution in [0, 0.1) is 6.92 Å². The fraction of sp³-hybridized carbons (Fsp3) is 0.389. The highest BCUT2D eigenvalue weighted by Crippen LogP contribution is 2.36. The number of unbranched alkanes of at least 4 members (excludes halogenated alkanes) is 1. The number of benzene rings is 1. The van der Waals surface area contributed by atoms with Crippen molar-refractivity contribution < 1.29 is 14.3 Å². The maximum absolute atomic E-state index is 12.3. The SMILES string of the molecule is CCCCNC(=O)CN1C(=O)COc2ccc(-c3csc(C)n3)cc21. The second kappa shape index (κ2) is 7.65. The van der Waals surface area contributed by atoms with E-state index in [4.69, 9.17) is 4.74 Å². The van der Waals surface area contributed by atoms with Crippen molar-refractivity contribution >= 4 is 28.8 Å². The van der Waals surface area contributed by atoms with E-state index in [0.717, 1.165) is 29.1 Å². The van der Waals surface area contributed by atoms with Crippen molar-refractivity contribution in [2.45, 2.75) is 26.7 Å². The van der Waals surface area contributed by atoms with Gasteiger partial charge in [0.2, 0.25) is 5.91 Å². The summed E-state index contributed by atoms with van der Waals surface area (Å²) in [7, 11) is 0. The molecule has 2 aromatic rings. The minimum absolute atomic E-state index is 0.00153. The number of amides is 2. The molecule has 132 valence electrons. The van der Waals surface area contributed by atoms with Crippen molar-refractivity contribution in [1.82, 2.24) is 10.3 Å². The summed E-state index contributed by atoms with van der Waals surface area (Å²) in [4.78, 5) is 30.4. The predicted molar refractivity (Wildman–Crippen MR) is 98.1 cm³/mol. The van der Waals surface area contributed by atoms with E-state index < -0.39 is 0 Å². The van der Waals surface area contributed by atoms with E-state index in [9.17, 15) is 9.59 Å². The Kier molecular flexibility index (Phi) is 5.33. The Morgan fingerprint density at radius 3 is 3.00 bits per heavy atom. The highest BCUT2D eigenvalue weighted by molar-refractivity contribution is 7.09. The van der Waals surface area contributed by atoms with Gasteiger partial charge in [0.05, 0.1) is 16.4 Å². The molecule has 2 heterocycles. The zero-order chi connectivity index (χ0) is 17.8. The van der Waals surface area contributed by atoms with Gasteiger partial charge in [-0.25, -0.2) is 4.98 Å². The van der Waals surface area contributed by atoms with Gasteiger partial charge in [-0.3, -0.25) is 14.5 Å². The molecule has 1 aromatic carbocycles. The maximum Gasteiger partial charge on any atom is 0.265 e. The molecule has 0 atom stereocenters. The lowest BCUT2D eigenvalue weighted by molar-refractivity contribution is -0.125. The van der Waals surface area contributed by atoms with Crippen LogP contribution in [0.5, 0.6) is 5.75 Å². The zero-order valence-corrected chi connectivity index (χ0v) is 15.2. The number of rotatable bonds is 6. The summed E-state index contributed by atoms with van der Waals surface area (Å²) in [6.45, 7) is 4.59. The molecule has 3 rings (SSSR count). The molecule has 1 aliphatic heterocycles. The third kappa shape index (κ3) is 3.99. The van der Waals surface area contributed by atoms with Crippen molar-refractivity contribution in [3.8, 4) is 17.0 Å². The van der Waals surface area contributed by atoms with Crippen LogP contribution in [0.15, 0.2) is 23.6 Å². The zero-order valence-electron chi connectivity index (χ0n) is 14.4. The van der Waals surface area contributed by atoms with Crippen molar-refractivity contribution in [1.29, 1.82) is 0 Å². The summed E-state index contributed by atoms with van der Waals surface area (Å²) < 4.78 is 5.50. The Hall–Kier alpha value is -2.41. The van der Waals surface area contributed by atoms with Crippen molar-refractivity contribution in [3.63, 3.8) is 0 Å². The van der Waals surface area contributed by atoms with Crippen molar-refractivity contribution in [3.05, 3.63) is 28.6 Å². The number of hydrogen-bond acceptors (Lipinski definition) is 5. The lowest BCUT2D eigenvalue weighted by atomic mass is 10.1. The van der Waals surface area contributed by atoms with Gasteiger partial charge in [0, 0.05) is 17.5 Å². The Labute approximate surface area is 150 Å². The third-order valence-corrected chi connectivity index (χ3v) is 4.74. The highest BCUT2D eigenvalue weighted by atomic mass is 32.1. The molecule has 1 aliphatic rings. The number of aromatic nitrogens is 1. The van der Waals surface area contributed by atoms with E-state index in [1.165, 1.54) is 4.90 Å². The van der Waals surface area contributed by atoms with Gasteiger partial charge in [-0.05, 0) is 31.5 Å². The average Bonchev–Trinajstić information content (AvgIpc) is 3.04. The number of carbonyl (C=O) groups is 2. The number of thiazole rings is 1. The van der Waals surface area contributed by atoms with Gasteiger partial charge >= 0.3 is 0 Å².